The first-order valence-electron chi connectivity index (χ1n) is 6.85. The van der Waals surface area contributed by atoms with Crippen molar-refractivity contribution in [2.24, 2.45) is 5.92 Å². The molecule has 0 saturated carbocycles. The fourth-order valence-corrected chi connectivity index (χ4v) is 3.40. The lowest BCUT2D eigenvalue weighted by molar-refractivity contribution is -0.143. The summed E-state index contributed by atoms with van der Waals surface area (Å²) in [4.78, 5) is 28.8. The van der Waals surface area contributed by atoms with E-state index in [1.54, 1.807) is 16.7 Å². The Morgan fingerprint density at radius 2 is 2.19 bits per heavy atom. The monoisotopic (exact) mass is 330 g/mol. The van der Waals surface area contributed by atoms with Crippen molar-refractivity contribution in [1.29, 1.82) is 0 Å². The minimum Gasteiger partial charge on any atom is -0.481 e. The Bertz CT molecular complexity index is 500. The van der Waals surface area contributed by atoms with E-state index in [1.807, 2.05) is 0 Å². The summed E-state index contributed by atoms with van der Waals surface area (Å²) in [6.07, 6.45) is 2.04. The van der Waals surface area contributed by atoms with E-state index >= 15 is 0 Å². The summed E-state index contributed by atoms with van der Waals surface area (Å²) in [5, 5.41) is 12.8. The third kappa shape index (κ3) is 4.57. The second kappa shape index (κ2) is 7.60. The molecule has 0 aromatic carbocycles. The van der Waals surface area contributed by atoms with Crippen molar-refractivity contribution in [3.8, 4) is 0 Å². The van der Waals surface area contributed by atoms with Gasteiger partial charge in [0.1, 0.15) is 0 Å². The van der Waals surface area contributed by atoms with Crippen LogP contribution in [0, 0.1) is 5.92 Å². The van der Waals surface area contributed by atoms with Crippen LogP contribution in [0.5, 0.6) is 0 Å². The van der Waals surface area contributed by atoms with E-state index in [0.717, 1.165) is 23.7 Å². The predicted molar refractivity (Wildman–Crippen MR) is 81.9 cm³/mol. The first kappa shape index (κ1) is 16.0. The minimum atomic E-state index is -0.781. The van der Waals surface area contributed by atoms with Crippen LogP contribution in [-0.4, -0.2) is 50.2 Å². The summed E-state index contributed by atoms with van der Waals surface area (Å²) in [6.45, 7) is 3.00. The minimum absolute atomic E-state index is 0.234. The number of aromatic nitrogens is 2. The predicted octanol–water partition coefficient (Wildman–Crippen LogP) is 2.37. The number of carbonyl (C=O) groups is 2. The zero-order valence-corrected chi connectivity index (χ0v) is 13.4. The van der Waals surface area contributed by atoms with Gasteiger partial charge in [-0.15, -0.1) is 0 Å². The highest BCUT2D eigenvalue weighted by Gasteiger charge is 2.27. The SMILES string of the molecule is CCCSc1nsc(NC(=O)N2CCC(C(=O)O)CC2)n1. The Balaban J connectivity index is 1.82. The fraction of sp³-hybridized carbons (Fsp3) is 0.667. The van der Waals surface area contributed by atoms with Crippen LogP contribution in [-0.2, 0) is 4.79 Å². The summed E-state index contributed by atoms with van der Waals surface area (Å²) in [7, 11) is 0. The largest absolute Gasteiger partial charge is 0.481 e. The molecule has 2 amide bonds. The number of nitrogens with zero attached hydrogens (tertiary/aromatic N) is 3. The van der Waals surface area contributed by atoms with E-state index in [9.17, 15) is 9.59 Å². The molecule has 1 aliphatic rings. The molecule has 1 saturated heterocycles. The van der Waals surface area contributed by atoms with Crippen molar-refractivity contribution < 1.29 is 14.7 Å². The number of carboxylic acid groups (broad SMARTS) is 1. The normalized spacial score (nSPS) is 16.0. The lowest BCUT2D eigenvalue weighted by Gasteiger charge is -2.29. The van der Waals surface area contributed by atoms with E-state index in [2.05, 4.69) is 21.6 Å². The van der Waals surface area contributed by atoms with Crippen LogP contribution in [0.3, 0.4) is 0 Å². The van der Waals surface area contributed by atoms with Crippen LogP contribution in [0.2, 0.25) is 0 Å². The average Bonchev–Trinajstić information content (AvgIpc) is 2.92. The molecule has 0 bridgehead atoms. The fourth-order valence-electron chi connectivity index (χ4n) is 2.01. The zero-order valence-electron chi connectivity index (χ0n) is 11.7. The van der Waals surface area contributed by atoms with Crippen LogP contribution in [0.1, 0.15) is 26.2 Å². The zero-order chi connectivity index (χ0) is 15.2. The highest BCUT2D eigenvalue weighted by molar-refractivity contribution is 7.99. The summed E-state index contributed by atoms with van der Waals surface area (Å²) in [6, 6.07) is -0.234. The molecule has 7 nitrogen and oxygen atoms in total. The van der Waals surface area contributed by atoms with E-state index in [4.69, 9.17) is 5.11 Å². The van der Waals surface area contributed by atoms with Crippen LogP contribution < -0.4 is 5.32 Å². The molecule has 2 heterocycles. The van der Waals surface area contributed by atoms with Gasteiger partial charge in [-0.25, -0.2) is 4.79 Å². The number of aliphatic carboxylic acids is 1. The molecule has 2 rings (SSSR count). The van der Waals surface area contributed by atoms with Crippen LogP contribution >= 0.6 is 23.3 Å². The maximum atomic E-state index is 12.1. The van der Waals surface area contributed by atoms with Gasteiger partial charge in [0.15, 0.2) is 0 Å². The smallest absolute Gasteiger partial charge is 0.323 e. The summed E-state index contributed by atoms with van der Waals surface area (Å²) >= 11 is 2.73. The van der Waals surface area contributed by atoms with Gasteiger partial charge in [0.25, 0.3) is 0 Å². The Morgan fingerprint density at radius 1 is 1.48 bits per heavy atom. The van der Waals surface area contributed by atoms with E-state index in [0.29, 0.717) is 36.2 Å². The van der Waals surface area contributed by atoms with Crippen LogP contribution in [0.25, 0.3) is 0 Å². The van der Waals surface area contributed by atoms with Crippen molar-refractivity contribution in [1.82, 2.24) is 14.3 Å². The standard InChI is InChI=1S/C12H18N4O3S2/c1-2-7-20-11-13-10(21-15-11)14-12(19)16-5-3-8(4-6-16)9(17)18/h8H,2-7H2,1H3,(H,17,18)(H,13,14,15,19). The number of likely N-dealkylation sites (tertiary alicyclic amines) is 1. The Hall–Kier alpha value is -1.35. The molecule has 0 aliphatic carbocycles. The topological polar surface area (TPSA) is 95.4 Å². The number of rotatable bonds is 5. The van der Waals surface area contributed by atoms with Gasteiger partial charge in [0, 0.05) is 30.4 Å². The molecule has 1 aliphatic heterocycles. The molecule has 2 N–H and O–H groups in total. The molecular formula is C12H18N4O3S2. The number of amides is 2. The Morgan fingerprint density at radius 3 is 2.81 bits per heavy atom. The number of carbonyl (C=O) groups excluding carboxylic acids is 1. The van der Waals surface area contributed by atoms with E-state index in [-0.39, 0.29) is 11.9 Å². The summed E-state index contributed by atoms with van der Waals surface area (Å²) in [5.41, 5.74) is 0. The molecule has 0 atom stereocenters. The number of hydrogen-bond donors (Lipinski definition) is 2. The van der Waals surface area contributed by atoms with Gasteiger partial charge in [0.2, 0.25) is 10.3 Å². The lowest BCUT2D eigenvalue weighted by Crippen LogP contribution is -2.42. The van der Waals surface area contributed by atoms with E-state index in [1.165, 1.54) is 0 Å². The molecule has 0 spiro atoms. The van der Waals surface area contributed by atoms with Crippen molar-refractivity contribution in [2.45, 2.75) is 31.3 Å². The second-order valence-corrected chi connectivity index (χ2v) is 6.57. The number of nitrogens with one attached hydrogen (secondary N) is 1. The molecule has 0 unspecified atom stereocenters. The van der Waals surface area contributed by atoms with Gasteiger partial charge in [-0.1, -0.05) is 18.7 Å². The summed E-state index contributed by atoms with van der Waals surface area (Å²) < 4.78 is 4.17. The average molecular weight is 330 g/mol. The number of thioether (sulfide) groups is 1. The van der Waals surface area contributed by atoms with Crippen molar-refractivity contribution in [3.05, 3.63) is 0 Å². The third-order valence-electron chi connectivity index (χ3n) is 3.19. The van der Waals surface area contributed by atoms with Crippen molar-refractivity contribution in [2.75, 3.05) is 24.2 Å². The molecule has 1 aromatic rings. The van der Waals surface area contributed by atoms with Gasteiger partial charge in [-0.05, 0) is 19.3 Å². The third-order valence-corrected chi connectivity index (χ3v) is 4.99. The highest BCUT2D eigenvalue weighted by Crippen LogP contribution is 2.22. The lowest BCUT2D eigenvalue weighted by atomic mass is 9.97. The first-order chi connectivity index (χ1) is 10.1. The number of urea groups is 1. The molecule has 9 heteroatoms. The molecule has 116 valence electrons. The maximum absolute atomic E-state index is 12.1. The molecule has 1 aromatic heterocycles. The van der Waals surface area contributed by atoms with Crippen molar-refractivity contribution in [3.63, 3.8) is 0 Å². The molecule has 0 radical (unpaired) electrons. The molecule has 21 heavy (non-hydrogen) atoms. The van der Waals surface area contributed by atoms with Gasteiger partial charge in [0.05, 0.1) is 5.92 Å². The van der Waals surface area contributed by atoms with Crippen LogP contribution in [0.4, 0.5) is 9.93 Å². The van der Waals surface area contributed by atoms with Crippen molar-refractivity contribution >= 4 is 40.4 Å². The summed E-state index contributed by atoms with van der Waals surface area (Å²) in [5.74, 6) is -0.170. The number of piperidine rings is 1. The number of anilines is 1. The maximum Gasteiger partial charge on any atom is 0.323 e. The molecular weight excluding hydrogens is 312 g/mol. The number of carboxylic acids is 1. The highest BCUT2D eigenvalue weighted by atomic mass is 32.2. The van der Waals surface area contributed by atoms with E-state index < -0.39 is 5.97 Å². The van der Waals surface area contributed by atoms with Gasteiger partial charge in [-0.2, -0.15) is 9.36 Å². The second-order valence-electron chi connectivity index (χ2n) is 4.76. The number of hydrogen-bond acceptors (Lipinski definition) is 6. The molecule has 1 fully saturated rings. The van der Waals surface area contributed by atoms with Crippen LogP contribution in [0.15, 0.2) is 5.16 Å². The van der Waals surface area contributed by atoms with Gasteiger partial charge < -0.3 is 10.0 Å². The Labute approximate surface area is 131 Å². The first-order valence-corrected chi connectivity index (χ1v) is 8.61. The quantitative estimate of drug-likeness (QED) is 0.805. The Kier molecular flexibility index (Phi) is 5.80. The van der Waals surface area contributed by atoms with Gasteiger partial charge in [-0.3, -0.25) is 10.1 Å². The van der Waals surface area contributed by atoms with Gasteiger partial charge >= 0.3 is 12.0 Å².